The van der Waals surface area contributed by atoms with Gasteiger partial charge in [-0.25, -0.2) is 4.98 Å². The molecule has 128 valence electrons. The molecule has 1 amide bonds. The van der Waals surface area contributed by atoms with Crippen LogP contribution in [-0.2, 0) is 17.3 Å². The number of aromatic nitrogens is 2. The molecule has 1 aliphatic rings. The normalized spacial score (nSPS) is 17.4. The number of likely N-dealkylation sites (N-methyl/N-ethyl adjacent to an activating group) is 1. The maximum Gasteiger partial charge on any atom is 0.433 e. The van der Waals surface area contributed by atoms with E-state index in [9.17, 15) is 18.0 Å². The molecule has 1 aliphatic heterocycles. The van der Waals surface area contributed by atoms with Gasteiger partial charge < -0.3 is 14.6 Å². The molecule has 3 rings (SSSR count). The van der Waals surface area contributed by atoms with Gasteiger partial charge in [0.2, 0.25) is 0 Å². The maximum atomic E-state index is 12.9. The molecule has 0 spiro atoms. The number of nitrogens with zero attached hydrogens (tertiary/aromatic N) is 2. The number of alkyl halides is 3. The highest BCUT2D eigenvalue weighted by molar-refractivity contribution is 5.93. The lowest BCUT2D eigenvalue weighted by molar-refractivity contribution is -0.141. The first-order valence-corrected chi connectivity index (χ1v) is 7.43. The highest BCUT2D eigenvalue weighted by atomic mass is 19.4. The molecule has 0 aliphatic carbocycles. The van der Waals surface area contributed by atoms with Crippen molar-refractivity contribution in [2.75, 3.05) is 20.2 Å². The number of rotatable bonds is 3. The van der Waals surface area contributed by atoms with Gasteiger partial charge >= 0.3 is 6.18 Å². The average Bonchev–Trinajstić information content (AvgIpc) is 3.04. The minimum absolute atomic E-state index is 0.153. The summed E-state index contributed by atoms with van der Waals surface area (Å²) in [6, 6.07) is 7.70. The number of nitrogens with one attached hydrogen (secondary N) is 1. The number of aromatic amines is 1. The zero-order valence-electron chi connectivity index (χ0n) is 12.9. The number of fused-ring (bicyclic) bond motifs is 1. The van der Waals surface area contributed by atoms with Gasteiger partial charge in [0.25, 0.3) is 5.91 Å². The van der Waals surface area contributed by atoms with E-state index < -0.39 is 23.5 Å². The van der Waals surface area contributed by atoms with E-state index in [1.54, 1.807) is 0 Å². The number of H-pyrrole nitrogens is 1. The molecule has 1 aromatic heterocycles. The summed E-state index contributed by atoms with van der Waals surface area (Å²) in [6.45, 7) is 0.667. The van der Waals surface area contributed by atoms with Crippen molar-refractivity contribution in [3.05, 3.63) is 53.1 Å². The Labute approximate surface area is 136 Å². The van der Waals surface area contributed by atoms with Crippen molar-refractivity contribution >= 4 is 5.91 Å². The summed E-state index contributed by atoms with van der Waals surface area (Å²) in [6.07, 6.45) is -3.37. The standard InChI is InChI=1S/C16H16F3N3O2/c1-22(15(23)13-14(16(17,18)19)21-9-20-13)8-12-11-5-3-2-4-10(11)6-7-24-12/h2-5,9,12H,6-8H2,1H3,(H,20,21)/t12-/m0/s1. The highest BCUT2D eigenvalue weighted by Crippen LogP contribution is 2.31. The fourth-order valence-electron chi connectivity index (χ4n) is 2.81. The molecule has 1 atom stereocenters. The van der Waals surface area contributed by atoms with Crippen molar-refractivity contribution in [3.8, 4) is 0 Å². The molecule has 24 heavy (non-hydrogen) atoms. The quantitative estimate of drug-likeness (QED) is 0.935. The fourth-order valence-corrected chi connectivity index (χ4v) is 2.81. The van der Waals surface area contributed by atoms with Gasteiger partial charge in [-0.2, -0.15) is 13.2 Å². The first-order chi connectivity index (χ1) is 11.4. The zero-order valence-corrected chi connectivity index (χ0v) is 12.9. The van der Waals surface area contributed by atoms with E-state index in [0.29, 0.717) is 6.61 Å². The van der Waals surface area contributed by atoms with Crippen molar-refractivity contribution in [2.24, 2.45) is 0 Å². The lowest BCUT2D eigenvalue weighted by atomic mass is 9.97. The SMILES string of the molecule is CN(C[C@@H]1OCCc2ccccc21)C(=O)c1nc[nH]c1C(F)(F)F. The van der Waals surface area contributed by atoms with E-state index in [0.717, 1.165) is 23.9 Å². The molecular formula is C16H16F3N3O2. The minimum atomic E-state index is -4.66. The number of benzene rings is 1. The van der Waals surface area contributed by atoms with Gasteiger partial charge in [0.1, 0.15) is 6.10 Å². The summed E-state index contributed by atoms with van der Waals surface area (Å²) >= 11 is 0. The summed E-state index contributed by atoms with van der Waals surface area (Å²) in [5.74, 6) is -0.796. The first-order valence-electron chi connectivity index (χ1n) is 7.43. The Balaban J connectivity index is 1.78. The second kappa shape index (κ2) is 6.27. The lowest BCUT2D eigenvalue weighted by Gasteiger charge is -2.29. The molecule has 8 heteroatoms. The van der Waals surface area contributed by atoms with Gasteiger partial charge in [0.05, 0.1) is 19.5 Å². The van der Waals surface area contributed by atoms with Crippen LogP contribution < -0.4 is 0 Å². The van der Waals surface area contributed by atoms with E-state index in [1.807, 2.05) is 29.2 Å². The number of ether oxygens (including phenoxy) is 1. The molecule has 1 N–H and O–H groups in total. The van der Waals surface area contributed by atoms with E-state index >= 15 is 0 Å². The van der Waals surface area contributed by atoms with Gasteiger partial charge in [0.15, 0.2) is 11.4 Å². The molecule has 0 unspecified atom stereocenters. The average molecular weight is 339 g/mol. The van der Waals surface area contributed by atoms with Crippen LogP contribution in [0.2, 0.25) is 0 Å². The summed E-state index contributed by atoms with van der Waals surface area (Å²) < 4.78 is 44.4. The zero-order chi connectivity index (χ0) is 17.3. The highest BCUT2D eigenvalue weighted by Gasteiger charge is 2.39. The predicted octanol–water partition coefficient (Wildman–Crippen LogP) is 2.81. The molecule has 2 aromatic rings. The molecule has 0 fully saturated rings. The third kappa shape index (κ3) is 3.14. The largest absolute Gasteiger partial charge is 0.433 e. The van der Waals surface area contributed by atoms with Crippen LogP contribution in [0, 0.1) is 0 Å². The fraction of sp³-hybridized carbons (Fsp3) is 0.375. The number of halogens is 3. The molecule has 1 aromatic carbocycles. The Morgan fingerprint density at radius 2 is 2.17 bits per heavy atom. The number of hydrogen-bond acceptors (Lipinski definition) is 3. The molecular weight excluding hydrogens is 323 g/mol. The number of hydrogen-bond donors (Lipinski definition) is 1. The lowest BCUT2D eigenvalue weighted by Crippen LogP contribution is -2.35. The monoisotopic (exact) mass is 339 g/mol. The molecule has 5 nitrogen and oxygen atoms in total. The Hall–Kier alpha value is -2.35. The number of carbonyl (C=O) groups is 1. The summed E-state index contributed by atoms with van der Waals surface area (Å²) in [5, 5.41) is 0. The van der Waals surface area contributed by atoms with Crippen LogP contribution in [-0.4, -0.2) is 41.0 Å². The summed E-state index contributed by atoms with van der Waals surface area (Å²) in [5.41, 5.74) is 0.324. The number of amides is 1. The third-order valence-corrected chi connectivity index (χ3v) is 4.00. The molecule has 0 bridgehead atoms. The van der Waals surface area contributed by atoms with Gasteiger partial charge in [-0.05, 0) is 17.5 Å². The smallest absolute Gasteiger partial charge is 0.371 e. The molecule has 0 radical (unpaired) electrons. The predicted molar refractivity (Wildman–Crippen MR) is 79.4 cm³/mol. The van der Waals surface area contributed by atoms with Gasteiger partial charge in [-0.3, -0.25) is 4.79 Å². The van der Waals surface area contributed by atoms with E-state index in [-0.39, 0.29) is 12.6 Å². The van der Waals surface area contributed by atoms with Crippen LogP contribution in [0.25, 0.3) is 0 Å². The topological polar surface area (TPSA) is 58.2 Å². The van der Waals surface area contributed by atoms with Crippen molar-refractivity contribution < 1.29 is 22.7 Å². The Kier molecular flexibility index (Phi) is 4.31. The van der Waals surface area contributed by atoms with Crippen LogP contribution in [0.1, 0.15) is 33.4 Å². The Bertz CT molecular complexity index is 742. The minimum Gasteiger partial charge on any atom is -0.371 e. The maximum absolute atomic E-state index is 12.9. The van der Waals surface area contributed by atoms with Gasteiger partial charge in [0, 0.05) is 7.05 Å². The van der Waals surface area contributed by atoms with Crippen molar-refractivity contribution in [1.82, 2.24) is 14.9 Å². The van der Waals surface area contributed by atoms with Crippen molar-refractivity contribution in [3.63, 3.8) is 0 Å². The van der Waals surface area contributed by atoms with E-state index in [1.165, 1.54) is 11.9 Å². The Morgan fingerprint density at radius 1 is 1.42 bits per heavy atom. The van der Waals surface area contributed by atoms with Crippen molar-refractivity contribution in [2.45, 2.75) is 18.7 Å². The number of imidazole rings is 1. The second-order valence-electron chi connectivity index (χ2n) is 5.62. The van der Waals surface area contributed by atoms with Crippen LogP contribution in [0.5, 0.6) is 0 Å². The van der Waals surface area contributed by atoms with E-state index in [2.05, 4.69) is 4.98 Å². The summed E-state index contributed by atoms with van der Waals surface area (Å²) in [4.78, 5) is 19.1. The number of carbonyl (C=O) groups excluding carboxylic acids is 1. The Morgan fingerprint density at radius 3 is 2.92 bits per heavy atom. The van der Waals surface area contributed by atoms with Crippen LogP contribution in [0.3, 0.4) is 0 Å². The van der Waals surface area contributed by atoms with E-state index in [4.69, 9.17) is 4.74 Å². The van der Waals surface area contributed by atoms with Gasteiger partial charge in [-0.1, -0.05) is 24.3 Å². The van der Waals surface area contributed by atoms with Crippen LogP contribution in [0.15, 0.2) is 30.6 Å². The molecule has 0 saturated heterocycles. The van der Waals surface area contributed by atoms with Gasteiger partial charge in [-0.15, -0.1) is 0 Å². The second-order valence-corrected chi connectivity index (χ2v) is 5.62. The van der Waals surface area contributed by atoms with Crippen LogP contribution >= 0.6 is 0 Å². The third-order valence-electron chi connectivity index (χ3n) is 4.00. The van der Waals surface area contributed by atoms with Crippen LogP contribution in [0.4, 0.5) is 13.2 Å². The summed E-state index contributed by atoms with van der Waals surface area (Å²) in [7, 11) is 1.44. The van der Waals surface area contributed by atoms with Crippen molar-refractivity contribution in [1.29, 1.82) is 0 Å². The molecule has 2 heterocycles. The molecule has 0 saturated carbocycles. The first kappa shape index (κ1) is 16.5.